The molecule has 1 N–H and O–H groups in total. The van der Waals surface area contributed by atoms with Crippen molar-refractivity contribution in [1.82, 2.24) is 19.4 Å². The van der Waals surface area contributed by atoms with Crippen molar-refractivity contribution in [2.75, 3.05) is 19.3 Å². The van der Waals surface area contributed by atoms with Crippen LogP contribution in [0.2, 0.25) is 0 Å². The van der Waals surface area contributed by atoms with Gasteiger partial charge in [0.1, 0.15) is 0 Å². The smallest absolute Gasteiger partial charge is 0.333 e. The molecule has 1 aliphatic heterocycles. The van der Waals surface area contributed by atoms with E-state index in [9.17, 15) is 31.2 Å². The van der Waals surface area contributed by atoms with E-state index >= 15 is 0 Å². The van der Waals surface area contributed by atoms with E-state index in [1.807, 2.05) is 0 Å². The number of alkyl halides is 3. The van der Waals surface area contributed by atoms with Gasteiger partial charge < -0.3 is 4.90 Å². The first-order valence-corrected chi connectivity index (χ1v) is 11.8. The Bertz CT molecular complexity index is 1180. The van der Waals surface area contributed by atoms with Crippen molar-refractivity contribution in [1.29, 1.82) is 0 Å². The summed E-state index contributed by atoms with van der Waals surface area (Å²) in [4.78, 5) is 27.1. The van der Waals surface area contributed by atoms with Gasteiger partial charge in [0.25, 0.3) is 5.91 Å². The fourth-order valence-electron chi connectivity index (χ4n) is 3.63. The van der Waals surface area contributed by atoms with Crippen molar-refractivity contribution in [2.24, 2.45) is 0 Å². The lowest BCUT2D eigenvalue weighted by molar-refractivity contribution is -0.137. The van der Waals surface area contributed by atoms with E-state index in [1.54, 1.807) is 0 Å². The number of carbonyl (C=O) groups is 1. The lowest BCUT2D eigenvalue weighted by atomic mass is 10.0. The molecule has 0 spiro atoms. The minimum Gasteiger partial charge on any atom is -0.333 e. The summed E-state index contributed by atoms with van der Waals surface area (Å²) in [6.07, 6.45) is -1.54. The molecule has 2 heterocycles. The van der Waals surface area contributed by atoms with Gasteiger partial charge in [-0.2, -0.15) is 18.3 Å². The highest BCUT2D eigenvalue weighted by Crippen LogP contribution is 2.30. The number of halogens is 3. The molecule has 1 amide bonds. The average molecular weight is 472 g/mol. The number of aromatic nitrogens is 2. The van der Waals surface area contributed by atoms with E-state index < -0.39 is 44.8 Å². The molecule has 0 bridgehead atoms. The molecule has 0 saturated carbocycles. The zero-order chi connectivity index (χ0) is 23.7. The van der Waals surface area contributed by atoms with Crippen molar-refractivity contribution < 1.29 is 26.4 Å². The number of piperidine rings is 1. The first kappa shape index (κ1) is 23.9. The van der Waals surface area contributed by atoms with Crippen LogP contribution in [-0.2, 0) is 16.2 Å². The predicted octanol–water partition coefficient (Wildman–Crippen LogP) is 2.10. The van der Waals surface area contributed by atoms with Gasteiger partial charge in [-0.25, -0.2) is 17.8 Å². The molecule has 3 rings (SSSR count). The summed E-state index contributed by atoms with van der Waals surface area (Å²) >= 11 is 0. The maximum atomic E-state index is 13.2. The third-order valence-electron chi connectivity index (χ3n) is 5.20. The Morgan fingerprint density at radius 3 is 2.62 bits per heavy atom. The van der Waals surface area contributed by atoms with Gasteiger partial charge in [0, 0.05) is 30.9 Å². The molecule has 12 heteroatoms. The Hall–Kier alpha value is -2.73. The van der Waals surface area contributed by atoms with E-state index in [1.165, 1.54) is 24.0 Å². The van der Waals surface area contributed by atoms with Crippen LogP contribution in [0.3, 0.4) is 0 Å². The standard InChI is InChI=1S/C20H23F3N4O4S/c1-13-10-17(28)18(25-27(13)15-8-5-6-14(11-15)20(21,22)23)19(29)26-9-4-3-7-16(26)12-24-32(2,30)31/h5-6,8,10-11,16,24H,3-4,7,9,12H2,1-2H3. The molecule has 1 aliphatic rings. The van der Waals surface area contributed by atoms with Crippen LogP contribution in [0.15, 0.2) is 35.1 Å². The zero-order valence-electron chi connectivity index (χ0n) is 17.5. The monoisotopic (exact) mass is 472 g/mol. The molecule has 32 heavy (non-hydrogen) atoms. The van der Waals surface area contributed by atoms with Gasteiger partial charge in [-0.05, 0) is 44.4 Å². The Kier molecular flexibility index (Phi) is 6.75. The quantitative estimate of drug-likeness (QED) is 0.718. The number of benzene rings is 1. The maximum Gasteiger partial charge on any atom is 0.416 e. The second-order valence-corrected chi connectivity index (χ2v) is 9.56. The summed E-state index contributed by atoms with van der Waals surface area (Å²) in [5.41, 5.74) is -1.65. The normalized spacial score (nSPS) is 17.4. The maximum absolute atomic E-state index is 13.2. The number of sulfonamides is 1. The zero-order valence-corrected chi connectivity index (χ0v) is 18.3. The van der Waals surface area contributed by atoms with Gasteiger partial charge in [0.15, 0.2) is 5.69 Å². The number of aryl methyl sites for hydroxylation is 1. The van der Waals surface area contributed by atoms with Crippen molar-refractivity contribution in [3.8, 4) is 5.69 Å². The molecule has 0 aliphatic carbocycles. The van der Waals surface area contributed by atoms with Crippen molar-refractivity contribution in [3.63, 3.8) is 0 Å². The van der Waals surface area contributed by atoms with Crippen LogP contribution in [0.4, 0.5) is 13.2 Å². The first-order chi connectivity index (χ1) is 14.9. The largest absolute Gasteiger partial charge is 0.416 e. The van der Waals surface area contributed by atoms with E-state index in [0.717, 1.165) is 35.6 Å². The molecule has 174 valence electrons. The summed E-state index contributed by atoms with van der Waals surface area (Å²) < 4.78 is 65.7. The predicted molar refractivity (Wildman–Crippen MR) is 111 cm³/mol. The number of nitrogens with one attached hydrogen (secondary N) is 1. The molecular weight excluding hydrogens is 449 g/mol. The van der Waals surface area contributed by atoms with Crippen molar-refractivity contribution in [3.05, 3.63) is 57.5 Å². The lowest BCUT2D eigenvalue weighted by Crippen LogP contribution is -2.50. The number of carbonyl (C=O) groups excluding carboxylic acids is 1. The molecule has 1 unspecified atom stereocenters. The number of nitrogens with zero attached hydrogens (tertiary/aromatic N) is 3. The number of likely N-dealkylation sites (tertiary alicyclic amines) is 1. The molecular formula is C20H23F3N4O4S. The van der Waals surface area contributed by atoms with Crippen LogP contribution < -0.4 is 10.2 Å². The van der Waals surface area contributed by atoms with Crippen molar-refractivity contribution in [2.45, 2.75) is 38.4 Å². The molecule has 2 aromatic rings. The Morgan fingerprint density at radius 1 is 1.25 bits per heavy atom. The molecule has 8 nitrogen and oxygen atoms in total. The average Bonchev–Trinajstić information content (AvgIpc) is 2.71. The third kappa shape index (κ3) is 5.54. The molecule has 1 aromatic carbocycles. The first-order valence-electron chi connectivity index (χ1n) is 9.91. The van der Waals surface area contributed by atoms with Crippen LogP contribution in [0.5, 0.6) is 0 Å². The fraction of sp³-hybridized carbons (Fsp3) is 0.450. The van der Waals surface area contributed by atoms with Crippen LogP contribution >= 0.6 is 0 Å². The summed E-state index contributed by atoms with van der Waals surface area (Å²) in [7, 11) is -3.47. The highest BCUT2D eigenvalue weighted by molar-refractivity contribution is 7.88. The number of amides is 1. The number of hydrogen-bond donors (Lipinski definition) is 1. The fourth-order valence-corrected chi connectivity index (χ4v) is 4.13. The van der Waals surface area contributed by atoms with Gasteiger partial charge in [-0.15, -0.1) is 0 Å². The van der Waals surface area contributed by atoms with Gasteiger partial charge in [0.05, 0.1) is 17.5 Å². The summed E-state index contributed by atoms with van der Waals surface area (Å²) in [5.74, 6) is -0.685. The molecule has 0 radical (unpaired) electrons. The molecule has 1 aromatic heterocycles. The highest BCUT2D eigenvalue weighted by Gasteiger charge is 2.32. The number of rotatable bonds is 5. The summed E-state index contributed by atoms with van der Waals surface area (Å²) in [6, 6.07) is 5.10. The molecule has 1 saturated heterocycles. The Labute approximate surface area is 183 Å². The third-order valence-corrected chi connectivity index (χ3v) is 5.89. The minimum absolute atomic E-state index is 0.00173. The van der Waals surface area contributed by atoms with Gasteiger partial charge >= 0.3 is 6.18 Å². The van der Waals surface area contributed by atoms with Crippen LogP contribution in [-0.4, -0.2) is 54.4 Å². The topological polar surface area (TPSA) is 101 Å². The van der Waals surface area contributed by atoms with Gasteiger partial charge in [0.2, 0.25) is 15.5 Å². The Balaban J connectivity index is 1.98. The van der Waals surface area contributed by atoms with Crippen LogP contribution in [0.1, 0.15) is 41.0 Å². The SMILES string of the molecule is Cc1cc(=O)c(C(=O)N2CCCCC2CNS(C)(=O)=O)nn1-c1cccc(C(F)(F)F)c1. The molecule has 1 fully saturated rings. The van der Waals surface area contributed by atoms with Crippen LogP contribution in [0, 0.1) is 6.92 Å². The summed E-state index contributed by atoms with van der Waals surface area (Å²) in [5, 5.41) is 4.09. The van der Waals surface area contributed by atoms with Crippen molar-refractivity contribution >= 4 is 15.9 Å². The van der Waals surface area contributed by atoms with E-state index in [2.05, 4.69) is 9.82 Å². The second-order valence-electron chi connectivity index (χ2n) is 7.73. The van der Waals surface area contributed by atoms with Gasteiger partial charge in [-0.1, -0.05) is 6.07 Å². The Morgan fingerprint density at radius 2 is 1.97 bits per heavy atom. The van der Waals surface area contributed by atoms with Gasteiger partial charge in [-0.3, -0.25) is 9.59 Å². The summed E-state index contributed by atoms with van der Waals surface area (Å²) in [6.45, 7) is 1.81. The number of hydrogen-bond acceptors (Lipinski definition) is 5. The van der Waals surface area contributed by atoms with E-state index in [-0.39, 0.29) is 17.9 Å². The highest BCUT2D eigenvalue weighted by atomic mass is 32.2. The second kappa shape index (κ2) is 9.02. The minimum atomic E-state index is -4.56. The van der Waals surface area contributed by atoms with E-state index in [0.29, 0.717) is 19.4 Å². The lowest BCUT2D eigenvalue weighted by Gasteiger charge is -2.35. The van der Waals surface area contributed by atoms with E-state index in [4.69, 9.17) is 0 Å². The van der Waals surface area contributed by atoms with Crippen LogP contribution in [0.25, 0.3) is 5.69 Å². The molecule has 1 atom stereocenters.